The maximum Gasteiger partial charge on any atom is 0.238 e. The molecular formula is C13H10Cl2N2O2S. The fourth-order valence-corrected chi connectivity index (χ4v) is 3.64. The number of halogens is 2. The SMILES string of the molecule is O=C1CSCC1c1nc(Cc2c(Cl)cccc2Cl)no1. The summed E-state index contributed by atoms with van der Waals surface area (Å²) >= 11 is 13.8. The van der Waals surface area contributed by atoms with E-state index in [9.17, 15) is 4.79 Å². The molecule has 1 unspecified atom stereocenters. The lowest BCUT2D eigenvalue weighted by molar-refractivity contribution is -0.117. The van der Waals surface area contributed by atoms with Crippen LogP contribution in [0.15, 0.2) is 22.7 Å². The van der Waals surface area contributed by atoms with E-state index >= 15 is 0 Å². The second-order valence-corrected chi connectivity index (χ2v) is 6.30. The Balaban J connectivity index is 1.82. The molecule has 1 atom stereocenters. The minimum atomic E-state index is -0.275. The lowest BCUT2D eigenvalue weighted by atomic mass is 10.1. The van der Waals surface area contributed by atoms with Gasteiger partial charge in [-0.25, -0.2) is 0 Å². The number of aromatic nitrogens is 2. The summed E-state index contributed by atoms with van der Waals surface area (Å²) in [5.74, 6) is 1.95. The maximum atomic E-state index is 11.7. The molecule has 20 heavy (non-hydrogen) atoms. The van der Waals surface area contributed by atoms with Crippen molar-refractivity contribution in [3.8, 4) is 0 Å². The number of rotatable bonds is 3. The van der Waals surface area contributed by atoms with Gasteiger partial charge in [-0.05, 0) is 17.7 Å². The zero-order valence-electron chi connectivity index (χ0n) is 10.3. The molecule has 0 N–H and O–H groups in total. The molecule has 0 aliphatic carbocycles. The highest BCUT2D eigenvalue weighted by Crippen LogP contribution is 2.30. The first-order chi connectivity index (χ1) is 9.65. The summed E-state index contributed by atoms with van der Waals surface area (Å²) in [4.78, 5) is 16.0. The first-order valence-corrected chi connectivity index (χ1v) is 7.92. The molecule has 0 saturated carbocycles. The van der Waals surface area contributed by atoms with Gasteiger partial charge in [-0.2, -0.15) is 16.7 Å². The van der Waals surface area contributed by atoms with Crippen LogP contribution in [0.5, 0.6) is 0 Å². The molecule has 0 amide bonds. The number of nitrogens with zero attached hydrogens (tertiary/aromatic N) is 2. The van der Waals surface area contributed by atoms with Crippen LogP contribution >= 0.6 is 35.0 Å². The summed E-state index contributed by atoms with van der Waals surface area (Å²) in [7, 11) is 0. The predicted molar refractivity (Wildman–Crippen MR) is 78.6 cm³/mol. The Hall–Kier alpha value is -1.04. The molecule has 1 fully saturated rings. The van der Waals surface area contributed by atoms with Crippen molar-refractivity contribution in [3.63, 3.8) is 0 Å². The zero-order valence-corrected chi connectivity index (χ0v) is 12.6. The average Bonchev–Trinajstić information content (AvgIpc) is 3.02. The third kappa shape index (κ3) is 2.71. The summed E-state index contributed by atoms with van der Waals surface area (Å²) in [6.07, 6.45) is 0.385. The highest BCUT2D eigenvalue weighted by molar-refractivity contribution is 8.00. The Morgan fingerprint density at radius 3 is 2.75 bits per heavy atom. The van der Waals surface area contributed by atoms with Gasteiger partial charge in [0.1, 0.15) is 5.92 Å². The summed E-state index contributed by atoms with van der Waals surface area (Å²) in [6, 6.07) is 5.31. The van der Waals surface area contributed by atoms with Crippen LogP contribution in [-0.4, -0.2) is 27.4 Å². The molecule has 3 rings (SSSR count). The molecular weight excluding hydrogens is 319 g/mol. The van der Waals surface area contributed by atoms with Gasteiger partial charge in [-0.3, -0.25) is 4.79 Å². The number of ketones is 1. The highest BCUT2D eigenvalue weighted by atomic mass is 35.5. The van der Waals surface area contributed by atoms with E-state index < -0.39 is 0 Å². The number of hydrogen-bond acceptors (Lipinski definition) is 5. The van der Waals surface area contributed by atoms with E-state index in [1.165, 1.54) is 0 Å². The smallest absolute Gasteiger partial charge is 0.238 e. The van der Waals surface area contributed by atoms with E-state index in [1.807, 2.05) is 0 Å². The number of carbonyl (C=O) groups excluding carboxylic acids is 1. The summed E-state index contributed by atoms with van der Waals surface area (Å²) < 4.78 is 5.19. The highest BCUT2D eigenvalue weighted by Gasteiger charge is 2.31. The van der Waals surface area contributed by atoms with Gasteiger partial charge in [0.15, 0.2) is 11.6 Å². The largest absolute Gasteiger partial charge is 0.339 e. The van der Waals surface area contributed by atoms with Gasteiger partial charge in [-0.1, -0.05) is 34.4 Å². The maximum absolute atomic E-state index is 11.7. The first-order valence-electron chi connectivity index (χ1n) is 6.01. The van der Waals surface area contributed by atoms with Crippen molar-refractivity contribution in [2.24, 2.45) is 0 Å². The lowest BCUT2D eigenvalue weighted by Gasteiger charge is -2.03. The van der Waals surface area contributed by atoms with Crippen molar-refractivity contribution in [1.29, 1.82) is 0 Å². The third-order valence-corrected chi connectivity index (χ3v) is 4.86. The second kappa shape index (κ2) is 5.76. The fourth-order valence-electron chi connectivity index (χ4n) is 2.02. The monoisotopic (exact) mass is 328 g/mol. The van der Waals surface area contributed by atoms with Crippen molar-refractivity contribution < 1.29 is 9.32 Å². The fraction of sp³-hybridized carbons (Fsp3) is 0.308. The molecule has 0 spiro atoms. The molecule has 1 aromatic heterocycles. The van der Waals surface area contributed by atoms with Crippen LogP contribution in [0.25, 0.3) is 0 Å². The van der Waals surface area contributed by atoms with E-state index in [-0.39, 0.29) is 11.7 Å². The van der Waals surface area contributed by atoms with Crippen molar-refractivity contribution in [1.82, 2.24) is 10.1 Å². The Morgan fingerprint density at radius 1 is 1.35 bits per heavy atom. The van der Waals surface area contributed by atoms with E-state index in [0.29, 0.717) is 39.7 Å². The van der Waals surface area contributed by atoms with Gasteiger partial charge in [0.2, 0.25) is 5.89 Å². The van der Waals surface area contributed by atoms with Gasteiger partial charge >= 0.3 is 0 Å². The molecule has 0 radical (unpaired) electrons. The van der Waals surface area contributed by atoms with Crippen molar-refractivity contribution in [3.05, 3.63) is 45.5 Å². The van der Waals surface area contributed by atoms with Crippen LogP contribution in [0.4, 0.5) is 0 Å². The molecule has 1 aliphatic heterocycles. The first kappa shape index (κ1) is 13.9. The van der Waals surface area contributed by atoms with Crippen molar-refractivity contribution >= 4 is 40.7 Å². The van der Waals surface area contributed by atoms with Crippen LogP contribution in [0, 0.1) is 0 Å². The minimum Gasteiger partial charge on any atom is -0.339 e. The average molecular weight is 329 g/mol. The Labute approximate surface area is 129 Å². The number of benzene rings is 1. The van der Waals surface area contributed by atoms with Crippen LogP contribution in [0.3, 0.4) is 0 Å². The molecule has 4 nitrogen and oxygen atoms in total. The van der Waals surface area contributed by atoms with Gasteiger partial charge in [0.25, 0.3) is 0 Å². The summed E-state index contributed by atoms with van der Waals surface area (Å²) in [5.41, 5.74) is 0.760. The minimum absolute atomic E-state index is 0.140. The Bertz CT molecular complexity index is 639. The van der Waals surface area contributed by atoms with E-state index in [4.69, 9.17) is 27.7 Å². The number of Topliss-reactive ketones (excluding diaryl/α,β-unsaturated/α-hetero) is 1. The predicted octanol–water partition coefficient (Wildman–Crippen LogP) is 3.37. The van der Waals surface area contributed by atoms with Gasteiger partial charge in [-0.15, -0.1) is 0 Å². The quantitative estimate of drug-likeness (QED) is 0.864. The topological polar surface area (TPSA) is 56.0 Å². The molecule has 1 aromatic carbocycles. The van der Waals surface area contributed by atoms with Gasteiger partial charge in [0, 0.05) is 22.2 Å². The standard InChI is InChI=1S/C13H10Cl2N2O2S/c14-9-2-1-3-10(15)7(9)4-12-16-13(19-17-12)8-5-20-6-11(8)18/h1-3,8H,4-6H2. The normalized spacial score (nSPS) is 18.7. The molecule has 7 heteroatoms. The van der Waals surface area contributed by atoms with E-state index in [1.54, 1.807) is 30.0 Å². The number of thioether (sulfide) groups is 1. The molecule has 2 aromatic rings. The second-order valence-electron chi connectivity index (χ2n) is 4.46. The van der Waals surface area contributed by atoms with E-state index in [0.717, 1.165) is 5.56 Å². The molecule has 1 saturated heterocycles. The number of carbonyl (C=O) groups is 1. The summed E-state index contributed by atoms with van der Waals surface area (Å²) in [5, 5.41) is 5.04. The third-order valence-electron chi connectivity index (χ3n) is 3.10. The lowest BCUT2D eigenvalue weighted by Crippen LogP contribution is -2.09. The summed E-state index contributed by atoms with van der Waals surface area (Å²) in [6.45, 7) is 0. The molecule has 2 heterocycles. The van der Waals surface area contributed by atoms with Gasteiger partial charge in [0.05, 0.1) is 5.75 Å². The molecule has 1 aliphatic rings. The molecule has 104 valence electrons. The van der Waals surface area contributed by atoms with Crippen LogP contribution in [0.2, 0.25) is 10.0 Å². The Morgan fingerprint density at radius 2 is 2.10 bits per heavy atom. The van der Waals surface area contributed by atoms with Crippen molar-refractivity contribution in [2.45, 2.75) is 12.3 Å². The van der Waals surface area contributed by atoms with Gasteiger partial charge < -0.3 is 4.52 Å². The van der Waals surface area contributed by atoms with Crippen LogP contribution < -0.4 is 0 Å². The van der Waals surface area contributed by atoms with Crippen molar-refractivity contribution in [2.75, 3.05) is 11.5 Å². The molecule has 0 bridgehead atoms. The van der Waals surface area contributed by atoms with Crippen LogP contribution in [0.1, 0.15) is 23.2 Å². The number of hydrogen-bond donors (Lipinski definition) is 0. The van der Waals surface area contributed by atoms with Crippen LogP contribution in [-0.2, 0) is 11.2 Å². The Kier molecular flexibility index (Phi) is 4.01. The zero-order chi connectivity index (χ0) is 14.1. The van der Waals surface area contributed by atoms with E-state index in [2.05, 4.69) is 10.1 Å².